The predicted octanol–water partition coefficient (Wildman–Crippen LogP) is 3.65. The number of phenols is 1. The SMILES string of the molecule is Cc1cc2cc(O)c(CCl)cc2s1. The van der Waals surface area contributed by atoms with Crippen molar-refractivity contribution in [2.45, 2.75) is 12.8 Å². The van der Waals surface area contributed by atoms with Gasteiger partial charge in [0.25, 0.3) is 0 Å². The molecule has 0 aliphatic heterocycles. The van der Waals surface area contributed by atoms with Crippen LogP contribution in [0.15, 0.2) is 18.2 Å². The van der Waals surface area contributed by atoms with Crippen molar-refractivity contribution in [3.05, 3.63) is 28.6 Å². The molecule has 1 heterocycles. The Labute approximate surface area is 85.6 Å². The van der Waals surface area contributed by atoms with Crippen LogP contribution in [0.5, 0.6) is 5.75 Å². The molecular formula is C10H9ClOS. The van der Waals surface area contributed by atoms with Gasteiger partial charge in [0, 0.05) is 15.1 Å². The average Bonchev–Trinajstić information content (AvgIpc) is 2.42. The molecule has 0 fully saturated rings. The third kappa shape index (κ3) is 1.52. The number of halogens is 1. The first kappa shape index (κ1) is 8.85. The number of alkyl halides is 1. The molecule has 1 N–H and O–H groups in total. The second kappa shape index (κ2) is 3.20. The third-order valence-corrected chi connectivity index (χ3v) is 3.29. The van der Waals surface area contributed by atoms with Gasteiger partial charge in [-0.05, 0) is 30.5 Å². The molecule has 1 aromatic carbocycles. The number of benzene rings is 1. The van der Waals surface area contributed by atoms with Gasteiger partial charge in [-0.25, -0.2) is 0 Å². The molecule has 0 spiro atoms. The van der Waals surface area contributed by atoms with Gasteiger partial charge in [-0.1, -0.05) is 0 Å². The molecule has 13 heavy (non-hydrogen) atoms. The highest BCUT2D eigenvalue weighted by atomic mass is 35.5. The molecule has 0 aliphatic carbocycles. The van der Waals surface area contributed by atoms with Crippen LogP contribution >= 0.6 is 22.9 Å². The number of hydrogen-bond acceptors (Lipinski definition) is 2. The number of aryl methyl sites for hydroxylation is 1. The largest absolute Gasteiger partial charge is 0.508 e. The number of hydrogen-bond donors (Lipinski definition) is 1. The molecule has 0 radical (unpaired) electrons. The molecule has 1 nitrogen and oxygen atoms in total. The molecule has 3 heteroatoms. The Kier molecular flexibility index (Phi) is 2.18. The van der Waals surface area contributed by atoms with E-state index < -0.39 is 0 Å². The van der Waals surface area contributed by atoms with E-state index in [9.17, 15) is 5.11 Å². The van der Waals surface area contributed by atoms with Gasteiger partial charge in [0.05, 0.1) is 5.88 Å². The second-order valence-corrected chi connectivity index (χ2v) is 4.56. The summed E-state index contributed by atoms with van der Waals surface area (Å²) in [6.07, 6.45) is 0. The fraction of sp³-hybridized carbons (Fsp3) is 0.200. The van der Waals surface area contributed by atoms with Crippen LogP contribution in [-0.2, 0) is 5.88 Å². The van der Waals surface area contributed by atoms with Crippen LogP contribution < -0.4 is 0 Å². The lowest BCUT2D eigenvalue weighted by atomic mass is 10.2. The lowest BCUT2D eigenvalue weighted by molar-refractivity contribution is 0.471. The van der Waals surface area contributed by atoms with Gasteiger partial charge >= 0.3 is 0 Å². The van der Waals surface area contributed by atoms with Gasteiger partial charge in [0.15, 0.2) is 0 Å². The molecule has 1 aromatic heterocycles. The first-order chi connectivity index (χ1) is 6.20. The summed E-state index contributed by atoms with van der Waals surface area (Å²) in [5.74, 6) is 0.652. The minimum absolute atomic E-state index is 0.292. The Hall–Kier alpha value is -0.730. The van der Waals surface area contributed by atoms with Gasteiger partial charge in [-0.3, -0.25) is 0 Å². The lowest BCUT2D eigenvalue weighted by Gasteiger charge is -1.99. The summed E-state index contributed by atoms with van der Waals surface area (Å²) < 4.78 is 1.19. The van der Waals surface area contributed by atoms with Crippen molar-refractivity contribution in [2.75, 3.05) is 0 Å². The number of rotatable bonds is 1. The highest BCUT2D eigenvalue weighted by Crippen LogP contribution is 2.31. The van der Waals surface area contributed by atoms with Crippen molar-refractivity contribution in [1.29, 1.82) is 0 Å². The van der Waals surface area contributed by atoms with Crippen LogP contribution in [0.2, 0.25) is 0 Å². The van der Waals surface area contributed by atoms with Gasteiger partial charge in [0.1, 0.15) is 5.75 Å². The summed E-state index contributed by atoms with van der Waals surface area (Å²) in [6, 6.07) is 5.80. The van der Waals surface area contributed by atoms with E-state index in [1.54, 1.807) is 17.4 Å². The summed E-state index contributed by atoms with van der Waals surface area (Å²) in [6.45, 7) is 2.06. The van der Waals surface area contributed by atoms with Crippen LogP contribution in [-0.4, -0.2) is 5.11 Å². The third-order valence-electron chi connectivity index (χ3n) is 1.98. The van der Waals surface area contributed by atoms with Crippen LogP contribution in [0.4, 0.5) is 0 Å². The molecule has 0 atom stereocenters. The minimum atomic E-state index is 0.292. The normalized spacial score (nSPS) is 10.9. The van der Waals surface area contributed by atoms with Crippen molar-refractivity contribution < 1.29 is 5.11 Å². The molecular weight excluding hydrogens is 204 g/mol. The molecule has 0 saturated heterocycles. The maximum absolute atomic E-state index is 9.54. The van der Waals surface area contributed by atoms with E-state index in [4.69, 9.17) is 11.6 Å². The standard InChI is InChI=1S/C10H9ClOS/c1-6-2-7-3-9(12)8(5-11)4-10(7)13-6/h2-4,12H,5H2,1H3. The van der Waals surface area contributed by atoms with E-state index in [1.807, 2.05) is 6.07 Å². The number of aromatic hydroxyl groups is 1. The molecule has 2 aromatic rings. The minimum Gasteiger partial charge on any atom is -0.508 e. The Morgan fingerprint density at radius 1 is 1.38 bits per heavy atom. The zero-order valence-electron chi connectivity index (χ0n) is 7.17. The molecule has 68 valence electrons. The molecule has 0 aliphatic rings. The monoisotopic (exact) mass is 212 g/mol. The van der Waals surface area contributed by atoms with Crippen LogP contribution in [0.3, 0.4) is 0 Å². The number of phenolic OH excluding ortho intramolecular Hbond substituents is 1. The van der Waals surface area contributed by atoms with Gasteiger partial charge in [-0.2, -0.15) is 0 Å². The Bertz CT molecular complexity index is 447. The van der Waals surface area contributed by atoms with Crippen molar-refractivity contribution in [3.63, 3.8) is 0 Å². The average molecular weight is 213 g/mol. The summed E-state index contributed by atoms with van der Waals surface area (Å²) in [7, 11) is 0. The van der Waals surface area contributed by atoms with Crippen LogP contribution in [0.1, 0.15) is 10.4 Å². The zero-order chi connectivity index (χ0) is 9.42. The van der Waals surface area contributed by atoms with Gasteiger partial charge < -0.3 is 5.11 Å². The first-order valence-electron chi connectivity index (χ1n) is 3.98. The van der Waals surface area contributed by atoms with Gasteiger partial charge in [-0.15, -0.1) is 22.9 Å². The molecule has 2 rings (SSSR count). The topological polar surface area (TPSA) is 20.2 Å². The van der Waals surface area contributed by atoms with Crippen LogP contribution in [0.25, 0.3) is 10.1 Å². The summed E-state index contributed by atoms with van der Waals surface area (Å²) in [5, 5.41) is 10.6. The zero-order valence-corrected chi connectivity index (χ0v) is 8.75. The van der Waals surface area contributed by atoms with Crippen molar-refractivity contribution in [2.24, 2.45) is 0 Å². The van der Waals surface area contributed by atoms with Crippen molar-refractivity contribution in [1.82, 2.24) is 0 Å². The fourth-order valence-corrected chi connectivity index (χ4v) is 2.54. The van der Waals surface area contributed by atoms with Crippen molar-refractivity contribution >= 4 is 33.0 Å². The maximum Gasteiger partial charge on any atom is 0.120 e. The highest BCUT2D eigenvalue weighted by molar-refractivity contribution is 7.19. The molecule has 0 unspecified atom stereocenters. The van der Waals surface area contributed by atoms with E-state index in [0.717, 1.165) is 10.9 Å². The fourth-order valence-electron chi connectivity index (χ4n) is 1.36. The summed E-state index contributed by atoms with van der Waals surface area (Å²) in [5.41, 5.74) is 0.802. The van der Waals surface area contributed by atoms with Crippen LogP contribution in [0, 0.1) is 6.92 Å². The Morgan fingerprint density at radius 2 is 2.15 bits per heavy atom. The predicted molar refractivity (Wildman–Crippen MR) is 57.8 cm³/mol. The van der Waals surface area contributed by atoms with E-state index in [0.29, 0.717) is 11.6 Å². The second-order valence-electron chi connectivity index (χ2n) is 3.01. The van der Waals surface area contributed by atoms with E-state index in [2.05, 4.69) is 13.0 Å². The van der Waals surface area contributed by atoms with E-state index >= 15 is 0 Å². The maximum atomic E-state index is 9.54. The lowest BCUT2D eigenvalue weighted by Crippen LogP contribution is -1.77. The number of thiophene rings is 1. The van der Waals surface area contributed by atoms with Crippen molar-refractivity contribution in [3.8, 4) is 5.75 Å². The first-order valence-corrected chi connectivity index (χ1v) is 5.34. The quantitative estimate of drug-likeness (QED) is 0.716. The smallest absolute Gasteiger partial charge is 0.120 e. The summed E-state index contributed by atoms with van der Waals surface area (Å²) >= 11 is 7.40. The highest BCUT2D eigenvalue weighted by Gasteiger charge is 2.04. The van der Waals surface area contributed by atoms with Gasteiger partial charge in [0.2, 0.25) is 0 Å². The van der Waals surface area contributed by atoms with E-state index in [1.165, 1.54) is 9.58 Å². The molecule has 0 bridgehead atoms. The van der Waals surface area contributed by atoms with E-state index in [-0.39, 0.29) is 0 Å². The number of fused-ring (bicyclic) bond motifs is 1. The Balaban J connectivity index is 2.72. The summed E-state index contributed by atoms with van der Waals surface area (Å²) in [4.78, 5) is 1.25. The molecule has 0 amide bonds. The molecule has 0 saturated carbocycles. The Morgan fingerprint density at radius 3 is 2.85 bits per heavy atom.